The highest BCUT2D eigenvalue weighted by Crippen LogP contribution is 2.22. The molecule has 0 saturated heterocycles. The minimum Gasteiger partial charge on any atom is -0.496 e. The van der Waals surface area contributed by atoms with Gasteiger partial charge in [-0.1, -0.05) is 24.3 Å². The summed E-state index contributed by atoms with van der Waals surface area (Å²) in [6.45, 7) is 2.45. The Balaban J connectivity index is 2.37. The number of carbonyl (C=O) groups is 1. The summed E-state index contributed by atoms with van der Waals surface area (Å²) in [5, 5.41) is 9.34. The molecule has 0 radical (unpaired) electrons. The van der Waals surface area contributed by atoms with Crippen molar-refractivity contribution >= 4 is 11.9 Å². The van der Waals surface area contributed by atoms with Gasteiger partial charge in [0.25, 0.3) is 0 Å². The summed E-state index contributed by atoms with van der Waals surface area (Å²) in [6, 6.07) is 16.1. The van der Waals surface area contributed by atoms with E-state index in [2.05, 4.69) is 0 Å². The number of hydrogen-bond acceptors (Lipinski definition) is 4. The molecule has 0 unspecified atom stereocenters. The number of allylic oxidation sites excluding steroid dienone is 1. The monoisotopic (exact) mass is 307 g/mol. The number of benzene rings is 2. The molecular formula is C19H17NO3. The second-order valence-electron chi connectivity index (χ2n) is 4.70. The zero-order valence-corrected chi connectivity index (χ0v) is 13.1. The van der Waals surface area contributed by atoms with Crippen LogP contribution in [-0.4, -0.2) is 19.5 Å². The third-order valence-corrected chi connectivity index (χ3v) is 3.20. The highest BCUT2D eigenvalue weighted by molar-refractivity contribution is 6.15. The van der Waals surface area contributed by atoms with Crippen molar-refractivity contribution in [2.24, 2.45) is 0 Å². The fraction of sp³-hybridized carbons (Fsp3) is 0.158. The van der Waals surface area contributed by atoms with E-state index in [1.165, 1.54) is 7.11 Å². The molecule has 23 heavy (non-hydrogen) atoms. The highest BCUT2D eigenvalue weighted by Gasteiger charge is 2.16. The molecule has 0 heterocycles. The van der Waals surface area contributed by atoms with Gasteiger partial charge in [0.15, 0.2) is 0 Å². The van der Waals surface area contributed by atoms with Crippen LogP contribution in [0.5, 0.6) is 11.5 Å². The summed E-state index contributed by atoms with van der Waals surface area (Å²) in [4.78, 5) is 12.6. The highest BCUT2D eigenvalue weighted by atomic mass is 16.5. The third kappa shape index (κ3) is 3.98. The molecule has 4 nitrogen and oxygen atoms in total. The first-order valence-electron chi connectivity index (χ1n) is 7.22. The van der Waals surface area contributed by atoms with Gasteiger partial charge < -0.3 is 9.47 Å². The van der Waals surface area contributed by atoms with Crippen molar-refractivity contribution in [2.45, 2.75) is 6.92 Å². The summed E-state index contributed by atoms with van der Waals surface area (Å²) in [5.41, 5.74) is 1.14. The van der Waals surface area contributed by atoms with E-state index < -0.39 is 0 Å². The molecule has 0 fully saturated rings. The van der Waals surface area contributed by atoms with E-state index in [9.17, 15) is 10.1 Å². The fourth-order valence-corrected chi connectivity index (χ4v) is 2.15. The number of ketones is 1. The van der Waals surface area contributed by atoms with E-state index in [-0.39, 0.29) is 11.4 Å². The van der Waals surface area contributed by atoms with E-state index in [1.807, 2.05) is 31.2 Å². The molecule has 0 bridgehead atoms. The van der Waals surface area contributed by atoms with Crippen LogP contribution in [0.2, 0.25) is 0 Å². The van der Waals surface area contributed by atoms with Crippen LogP contribution < -0.4 is 9.47 Å². The Morgan fingerprint density at radius 2 is 2.00 bits per heavy atom. The van der Waals surface area contributed by atoms with E-state index in [4.69, 9.17) is 9.47 Å². The molecule has 0 N–H and O–H groups in total. The van der Waals surface area contributed by atoms with Gasteiger partial charge in [-0.3, -0.25) is 4.79 Å². The maximum absolute atomic E-state index is 12.6. The normalized spacial score (nSPS) is 10.7. The van der Waals surface area contributed by atoms with Crippen LogP contribution in [0.3, 0.4) is 0 Å². The number of methoxy groups -OCH3 is 1. The Morgan fingerprint density at radius 1 is 1.22 bits per heavy atom. The Hall–Kier alpha value is -3.06. The summed E-state index contributed by atoms with van der Waals surface area (Å²) >= 11 is 0. The molecule has 0 aliphatic rings. The summed E-state index contributed by atoms with van der Waals surface area (Å²) in [7, 11) is 1.49. The molecule has 0 aromatic heterocycles. The minimum absolute atomic E-state index is 0.0446. The lowest BCUT2D eigenvalue weighted by Gasteiger charge is -2.07. The van der Waals surface area contributed by atoms with Gasteiger partial charge in [0.05, 0.1) is 19.3 Å². The van der Waals surface area contributed by atoms with Crippen LogP contribution in [-0.2, 0) is 0 Å². The van der Waals surface area contributed by atoms with E-state index in [1.54, 1.807) is 36.4 Å². The van der Waals surface area contributed by atoms with Gasteiger partial charge in [-0.2, -0.15) is 5.26 Å². The van der Waals surface area contributed by atoms with Gasteiger partial charge in [0.1, 0.15) is 23.1 Å². The van der Waals surface area contributed by atoms with Crippen molar-refractivity contribution in [3.63, 3.8) is 0 Å². The van der Waals surface area contributed by atoms with Crippen molar-refractivity contribution < 1.29 is 14.3 Å². The Morgan fingerprint density at radius 3 is 2.70 bits per heavy atom. The second-order valence-corrected chi connectivity index (χ2v) is 4.70. The summed E-state index contributed by atoms with van der Waals surface area (Å²) in [5.74, 6) is 0.775. The van der Waals surface area contributed by atoms with Gasteiger partial charge in [0, 0.05) is 0 Å². The van der Waals surface area contributed by atoms with Crippen molar-refractivity contribution in [3.8, 4) is 17.6 Å². The first-order chi connectivity index (χ1) is 11.2. The predicted octanol–water partition coefficient (Wildman–Crippen LogP) is 3.88. The molecule has 0 aliphatic heterocycles. The Labute approximate surface area is 135 Å². The van der Waals surface area contributed by atoms with Crippen LogP contribution in [0.15, 0.2) is 54.1 Å². The van der Waals surface area contributed by atoms with Gasteiger partial charge in [-0.25, -0.2) is 0 Å². The number of carbonyl (C=O) groups excluding carboxylic acids is 1. The van der Waals surface area contributed by atoms with Crippen LogP contribution in [0.4, 0.5) is 0 Å². The number of ether oxygens (including phenoxy) is 2. The maximum Gasteiger partial charge on any atom is 0.207 e. The van der Waals surface area contributed by atoms with Crippen molar-refractivity contribution in [2.75, 3.05) is 13.7 Å². The molecule has 0 aliphatic carbocycles. The van der Waals surface area contributed by atoms with Crippen LogP contribution in [0, 0.1) is 11.3 Å². The second kappa shape index (κ2) is 7.81. The average Bonchev–Trinajstić information content (AvgIpc) is 2.59. The molecular weight excluding hydrogens is 290 g/mol. The summed E-state index contributed by atoms with van der Waals surface area (Å²) in [6.07, 6.45) is 1.55. The number of para-hydroxylation sites is 1. The molecule has 0 saturated carbocycles. The third-order valence-electron chi connectivity index (χ3n) is 3.20. The molecule has 2 rings (SSSR count). The largest absolute Gasteiger partial charge is 0.496 e. The number of nitriles is 1. The number of nitrogens with zero attached hydrogens (tertiary/aromatic N) is 1. The average molecular weight is 307 g/mol. The van der Waals surface area contributed by atoms with Crippen molar-refractivity contribution in [1.29, 1.82) is 5.26 Å². The first-order valence-corrected chi connectivity index (χ1v) is 7.22. The van der Waals surface area contributed by atoms with E-state index >= 15 is 0 Å². The van der Waals surface area contributed by atoms with Crippen molar-refractivity contribution in [3.05, 3.63) is 65.2 Å². The number of Topliss-reactive ketones (excluding diaryl/α,β-unsaturated/α-hetero) is 1. The molecule has 116 valence electrons. The lowest BCUT2D eigenvalue weighted by Crippen LogP contribution is -2.04. The topological polar surface area (TPSA) is 59.3 Å². The fourth-order valence-electron chi connectivity index (χ4n) is 2.15. The molecule has 0 spiro atoms. The first kappa shape index (κ1) is 16.3. The van der Waals surface area contributed by atoms with Crippen LogP contribution >= 0.6 is 0 Å². The van der Waals surface area contributed by atoms with Gasteiger partial charge in [0.2, 0.25) is 5.78 Å². The van der Waals surface area contributed by atoms with Crippen molar-refractivity contribution in [1.82, 2.24) is 0 Å². The Bertz CT molecular complexity index is 772. The van der Waals surface area contributed by atoms with Gasteiger partial charge in [-0.05, 0) is 42.8 Å². The number of hydrogen-bond donors (Lipinski definition) is 0. The molecule has 2 aromatic carbocycles. The molecule has 2 aromatic rings. The predicted molar refractivity (Wildman–Crippen MR) is 88.5 cm³/mol. The van der Waals surface area contributed by atoms with Crippen LogP contribution in [0.1, 0.15) is 22.8 Å². The zero-order valence-electron chi connectivity index (χ0n) is 13.1. The van der Waals surface area contributed by atoms with Crippen LogP contribution in [0.25, 0.3) is 6.08 Å². The molecule has 0 amide bonds. The SMILES string of the molecule is CCOc1cccc(C=C(C#N)C(=O)c2ccccc2OC)c1. The lowest BCUT2D eigenvalue weighted by atomic mass is 10.0. The van der Waals surface area contributed by atoms with Gasteiger partial charge >= 0.3 is 0 Å². The lowest BCUT2D eigenvalue weighted by molar-refractivity contribution is 0.103. The minimum atomic E-state index is -0.369. The Kier molecular flexibility index (Phi) is 5.54. The van der Waals surface area contributed by atoms with E-state index in [0.29, 0.717) is 23.7 Å². The maximum atomic E-state index is 12.6. The van der Waals surface area contributed by atoms with Gasteiger partial charge in [-0.15, -0.1) is 0 Å². The summed E-state index contributed by atoms with van der Waals surface area (Å²) < 4.78 is 10.6. The molecule has 4 heteroatoms. The smallest absolute Gasteiger partial charge is 0.207 e. The zero-order chi connectivity index (χ0) is 16.7. The standard InChI is InChI=1S/C19H17NO3/c1-3-23-16-8-6-7-14(12-16)11-15(13-20)19(21)17-9-4-5-10-18(17)22-2/h4-12H,3H2,1-2H3. The van der Waals surface area contributed by atoms with E-state index in [0.717, 1.165) is 5.56 Å². The quantitative estimate of drug-likeness (QED) is 0.461. The molecule has 0 atom stereocenters. The number of rotatable bonds is 6.